The molecule has 1 atom stereocenters. The molecule has 1 unspecified atom stereocenters. The largest absolute Gasteiger partial charge is 0.338 e. The van der Waals surface area contributed by atoms with E-state index in [1.807, 2.05) is 0 Å². The van der Waals surface area contributed by atoms with Crippen LogP contribution in [0, 0.1) is 11.2 Å². The predicted octanol–water partition coefficient (Wildman–Crippen LogP) is 2.19. The average Bonchev–Trinajstić information content (AvgIpc) is 2.92. The van der Waals surface area contributed by atoms with Crippen molar-refractivity contribution in [1.29, 1.82) is 0 Å². The third-order valence-corrected chi connectivity index (χ3v) is 5.93. The summed E-state index contributed by atoms with van der Waals surface area (Å²) in [6.07, 6.45) is 0.733. The molecule has 1 fully saturated rings. The number of sulfonamides is 1. The number of hydrogen-bond acceptors (Lipinski definition) is 4. The van der Waals surface area contributed by atoms with Crippen LogP contribution in [0.1, 0.15) is 37.0 Å². The lowest BCUT2D eigenvalue weighted by molar-refractivity contribution is -0.127. The van der Waals surface area contributed by atoms with Crippen LogP contribution < -0.4 is 4.72 Å². The van der Waals surface area contributed by atoms with Gasteiger partial charge in [0.1, 0.15) is 5.82 Å². The molecule has 6 nitrogen and oxygen atoms in total. The Morgan fingerprint density at radius 2 is 2.08 bits per heavy atom. The zero-order valence-electron chi connectivity index (χ0n) is 14.0. The van der Waals surface area contributed by atoms with E-state index in [2.05, 4.69) is 4.72 Å². The number of carbonyl (C=O) groups excluding carboxylic acids is 2. The highest BCUT2D eigenvalue weighted by Gasteiger charge is 2.43. The van der Waals surface area contributed by atoms with Crippen molar-refractivity contribution < 1.29 is 22.4 Å². The van der Waals surface area contributed by atoms with Gasteiger partial charge < -0.3 is 4.90 Å². The second-order valence-electron chi connectivity index (χ2n) is 6.42. The van der Waals surface area contributed by atoms with Crippen LogP contribution in [-0.4, -0.2) is 44.0 Å². The molecule has 1 aliphatic heterocycles. The number of nitrogens with zero attached hydrogens (tertiary/aromatic N) is 1. The van der Waals surface area contributed by atoms with Gasteiger partial charge in [0.05, 0.1) is 16.2 Å². The SMILES string of the molecule is CCCS(=O)(=O)NC(=O)C1(C)CCN(C(=O)c2ccc(F)c(Cl)c2)C1. The molecule has 0 spiro atoms. The van der Waals surface area contributed by atoms with Crippen LogP contribution in [0.15, 0.2) is 18.2 Å². The normalized spacial score (nSPS) is 20.6. The molecule has 1 N–H and O–H groups in total. The summed E-state index contributed by atoms with van der Waals surface area (Å²) in [7, 11) is -3.67. The minimum Gasteiger partial charge on any atom is -0.338 e. The molecule has 2 amide bonds. The van der Waals surface area contributed by atoms with Gasteiger partial charge in [-0.3, -0.25) is 14.3 Å². The number of nitrogens with one attached hydrogen (secondary N) is 1. The number of hydrogen-bond donors (Lipinski definition) is 1. The smallest absolute Gasteiger partial charge is 0.253 e. The van der Waals surface area contributed by atoms with Crippen molar-refractivity contribution in [3.63, 3.8) is 0 Å². The topological polar surface area (TPSA) is 83.6 Å². The van der Waals surface area contributed by atoms with E-state index in [0.29, 0.717) is 19.4 Å². The van der Waals surface area contributed by atoms with Crippen molar-refractivity contribution in [2.24, 2.45) is 5.41 Å². The van der Waals surface area contributed by atoms with Gasteiger partial charge in [-0.15, -0.1) is 0 Å². The predicted molar refractivity (Wildman–Crippen MR) is 92.3 cm³/mol. The monoisotopic (exact) mass is 390 g/mol. The molecule has 0 saturated carbocycles. The van der Waals surface area contributed by atoms with Crippen molar-refractivity contribution in [2.75, 3.05) is 18.8 Å². The van der Waals surface area contributed by atoms with Gasteiger partial charge in [0, 0.05) is 18.7 Å². The third kappa shape index (κ3) is 4.49. The number of likely N-dealkylation sites (tertiary alicyclic amines) is 1. The molecule has 0 aliphatic carbocycles. The molecule has 1 saturated heterocycles. The summed E-state index contributed by atoms with van der Waals surface area (Å²) in [4.78, 5) is 26.3. The Morgan fingerprint density at radius 3 is 2.68 bits per heavy atom. The van der Waals surface area contributed by atoms with E-state index < -0.39 is 27.2 Å². The number of halogens is 2. The second kappa shape index (κ2) is 7.29. The fraction of sp³-hybridized carbons (Fsp3) is 0.500. The third-order valence-electron chi connectivity index (χ3n) is 4.20. The maximum absolute atomic E-state index is 13.2. The van der Waals surface area contributed by atoms with E-state index in [9.17, 15) is 22.4 Å². The Hall–Kier alpha value is -1.67. The fourth-order valence-corrected chi connectivity index (χ4v) is 4.06. The summed E-state index contributed by atoms with van der Waals surface area (Å²) in [5.41, 5.74) is -0.782. The van der Waals surface area contributed by atoms with Crippen LogP contribution >= 0.6 is 11.6 Å². The van der Waals surface area contributed by atoms with Crippen LogP contribution in [-0.2, 0) is 14.8 Å². The maximum atomic E-state index is 13.2. The van der Waals surface area contributed by atoms with Gasteiger partial charge in [-0.2, -0.15) is 0 Å². The highest BCUT2D eigenvalue weighted by molar-refractivity contribution is 7.90. The van der Waals surface area contributed by atoms with E-state index in [0.717, 1.165) is 6.07 Å². The van der Waals surface area contributed by atoms with Crippen molar-refractivity contribution in [3.05, 3.63) is 34.6 Å². The first kappa shape index (κ1) is 19.7. The first-order valence-corrected chi connectivity index (χ1v) is 9.90. The van der Waals surface area contributed by atoms with Crippen LogP contribution in [0.5, 0.6) is 0 Å². The van der Waals surface area contributed by atoms with Crippen molar-refractivity contribution in [3.8, 4) is 0 Å². The van der Waals surface area contributed by atoms with Crippen molar-refractivity contribution in [1.82, 2.24) is 9.62 Å². The highest BCUT2D eigenvalue weighted by Crippen LogP contribution is 2.31. The van der Waals surface area contributed by atoms with E-state index in [4.69, 9.17) is 11.6 Å². The molecule has 1 aromatic carbocycles. The molecule has 0 aromatic heterocycles. The van der Waals surface area contributed by atoms with Crippen LogP contribution in [0.2, 0.25) is 5.02 Å². The Bertz CT molecular complexity index is 799. The molecule has 138 valence electrons. The lowest BCUT2D eigenvalue weighted by Gasteiger charge is -2.23. The quantitative estimate of drug-likeness (QED) is 0.835. The van der Waals surface area contributed by atoms with Crippen LogP contribution in [0.4, 0.5) is 4.39 Å². The van der Waals surface area contributed by atoms with E-state index in [1.165, 1.54) is 17.0 Å². The standard InChI is InChI=1S/C16H20ClFN2O4S/c1-3-8-25(23,24)19-15(22)16(2)6-7-20(10-16)14(21)11-4-5-13(18)12(17)9-11/h4-5,9H,3,6-8,10H2,1-2H3,(H,19,22). The zero-order chi connectivity index (χ0) is 18.8. The Balaban J connectivity index is 2.10. The number of rotatable bonds is 5. The number of benzene rings is 1. The lowest BCUT2D eigenvalue weighted by atomic mass is 9.89. The van der Waals surface area contributed by atoms with Gasteiger partial charge in [0.15, 0.2) is 0 Å². The number of carbonyl (C=O) groups is 2. The van der Waals surface area contributed by atoms with Crippen molar-refractivity contribution >= 4 is 33.4 Å². The van der Waals surface area contributed by atoms with Gasteiger partial charge >= 0.3 is 0 Å². The Labute approximate surface area is 151 Å². The van der Waals surface area contributed by atoms with Gasteiger partial charge in [-0.1, -0.05) is 18.5 Å². The molecule has 2 rings (SSSR count). The Kier molecular flexibility index (Phi) is 5.73. The fourth-order valence-electron chi connectivity index (χ4n) is 2.72. The zero-order valence-corrected chi connectivity index (χ0v) is 15.6. The van der Waals surface area contributed by atoms with Gasteiger partial charge in [-0.25, -0.2) is 12.8 Å². The molecule has 0 radical (unpaired) electrons. The minimum absolute atomic E-state index is 0.0777. The van der Waals surface area contributed by atoms with Crippen molar-refractivity contribution in [2.45, 2.75) is 26.7 Å². The first-order valence-electron chi connectivity index (χ1n) is 7.87. The molecule has 1 aliphatic rings. The molecule has 0 bridgehead atoms. The summed E-state index contributed by atoms with van der Waals surface area (Å²) in [5, 5.41) is -0.156. The van der Waals surface area contributed by atoms with E-state index in [1.54, 1.807) is 13.8 Å². The lowest BCUT2D eigenvalue weighted by Crippen LogP contribution is -2.44. The Morgan fingerprint density at radius 1 is 1.40 bits per heavy atom. The molecule has 1 aromatic rings. The van der Waals surface area contributed by atoms with E-state index in [-0.39, 0.29) is 28.8 Å². The highest BCUT2D eigenvalue weighted by atomic mass is 35.5. The van der Waals surface area contributed by atoms with Crippen LogP contribution in [0.25, 0.3) is 0 Å². The number of amides is 2. The van der Waals surface area contributed by atoms with Crippen LogP contribution in [0.3, 0.4) is 0 Å². The first-order chi connectivity index (χ1) is 11.6. The second-order valence-corrected chi connectivity index (χ2v) is 8.67. The molecular weight excluding hydrogens is 371 g/mol. The minimum atomic E-state index is -3.67. The molecule has 25 heavy (non-hydrogen) atoms. The summed E-state index contributed by atoms with van der Waals surface area (Å²) < 4.78 is 38.9. The summed E-state index contributed by atoms with van der Waals surface area (Å²) in [6, 6.07) is 3.67. The summed E-state index contributed by atoms with van der Waals surface area (Å²) >= 11 is 5.70. The average molecular weight is 391 g/mol. The molecule has 1 heterocycles. The van der Waals surface area contributed by atoms with Gasteiger partial charge in [-0.05, 0) is 38.0 Å². The van der Waals surface area contributed by atoms with Gasteiger partial charge in [0.25, 0.3) is 5.91 Å². The molecular formula is C16H20ClFN2O4S. The maximum Gasteiger partial charge on any atom is 0.253 e. The van der Waals surface area contributed by atoms with E-state index >= 15 is 0 Å². The molecule has 9 heteroatoms. The van der Waals surface area contributed by atoms with Gasteiger partial charge in [0.2, 0.25) is 15.9 Å². The summed E-state index contributed by atoms with van der Waals surface area (Å²) in [6.45, 7) is 3.70. The summed E-state index contributed by atoms with van der Waals surface area (Å²) in [5.74, 6) is -1.75.